The normalized spacial score (nSPS) is 12.2. The molecule has 0 unspecified atom stereocenters. The van der Waals surface area contributed by atoms with E-state index in [9.17, 15) is 23.9 Å². The van der Waals surface area contributed by atoms with Gasteiger partial charge in [0.15, 0.2) is 0 Å². The fourth-order valence-corrected chi connectivity index (χ4v) is 4.20. The van der Waals surface area contributed by atoms with Gasteiger partial charge in [-0.05, 0) is 49.6 Å². The number of carboxylic acid groups (broad SMARTS) is 1. The van der Waals surface area contributed by atoms with Crippen LogP contribution >= 0.6 is 0 Å². The molecule has 0 aliphatic rings. The Morgan fingerprint density at radius 3 is 2.44 bits per heavy atom. The van der Waals surface area contributed by atoms with Crippen molar-refractivity contribution in [1.29, 1.82) is 0 Å². The molecule has 0 spiro atoms. The van der Waals surface area contributed by atoms with Gasteiger partial charge in [-0.1, -0.05) is 25.5 Å². The summed E-state index contributed by atoms with van der Waals surface area (Å²) < 4.78 is 24.7. The lowest BCUT2D eigenvalue weighted by Gasteiger charge is -2.19. The quantitative estimate of drug-likeness (QED) is 0.419. The van der Waals surface area contributed by atoms with Crippen molar-refractivity contribution in [3.05, 3.63) is 69.5 Å². The number of rotatable bonds is 7. The largest absolute Gasteiger partial charge is 0.548 e. The van der Waals surface area contributed by atoms with Crippen LogP contribution in [-0.4, -0.2) is 17.9 Å². The summed E-state index contributed by atoms with van der Waals surface area (Å²) in [4.78, 5) is 36.5. The highest BCUT2D eigenvalue weighted by Crippen LogP contribution is 2.37. The summed E-state index contributed by atoms with van der Waals surface area (Å²) in [5.41, 5.74) is 3.04. The average Bonchev–Trinajstić information content (AvgIpc) is 3.22. The molecule has 8 heteroatoms. The predicted octanol–water partition coefficient (Wildman–Crippen LogP) is 3.54. The molecule has 1 amide bonds. The van der Waals surface area contributed by atoms with Gasteiger partial charge in [-0.3, -0.25) is 4.79 Å². The minimum Gasteiger partial charge on any atom is -0.548 e. The van der Waals surface area contributed by atoms with E-state index in [-0.39, 0.29) is 24.2 Å². The monoisotopic (exact) mass is 464 g/mol. The fraction of sp³-hybridized carbons (Fsp3) is 0.269. The second kappa shape index (κ2) is 9.13. The van der Waals surface area contributed by atoms with Crippen LogP contribution < -0.4 is 16.0 Å². The van der Waals surface area contributed by atoms with E-state index in [1.54, 1.807) is 39.2 Å². The van der Waals surface area contributed by atoms with Crippen molar-refractivity contribution in [2.45, 2.75) is 46.1 Å². The van der Waals surface area contributed by atoms with E-state index in [0.29, 0.717) is 34.1 Å². The first kappa shape index (κ1) is 23.2. The third-order valence-electron chi connectivity index (χ3n) is 6.03. The molecular formula is C26H23FNO6-. The zero-order valence-electron chi connectivity index (χ0n) is 19.0. The second-order valence-electron chi connectivity index (χ2n) is 8.31. The zero-order valence-corrected chi connectivity index (χ0v) is 19.0. The van der Waals surface area contributed by atoms with Crippen LogP contribution in [0.5, 0.6) is 0 Å². The van der Waals surface area contributed by atoms with Gasteiger partial charge in [-0.15, -0.1) is 0 Å². The van der Waals surface area contributed by atoms with Crippen molar-refractivity contribution in [3.8, 4) is 11.1 Å². The average molecular weight is 464 g/mol. The van der Waals surface area contributed by atoms with Crippen molar-refractivity contribution in [1.82, 2.24) is 5.32 Å². The van der Waals surface area contributed by atoms with Crippen molar-refractivity contribution in [2.75, 3.05) is 0 Å². The van der Waals surface area contributed by atoms with Gasteiger partial charge < -0.3 is 24.1 Å². The fourth-order valence-electron chi connectivity index (χ4n) is 4.20. The first-order chi connectivity index (χ1) is 16.2. The molecule has 0 saturated heterocycles. The summed E-state index contributed by atoms with van der Waals surface area (Å²) in [7, 11) is 0. The molecule has 2 heterocycles. The lowest BCUT2D eigenvalue weighted by Crippen LogP contribution is -2.48. The number of carbonyl (C=O) groups is 2. The van der Waals surface area contributed by atoms with Crippen LogP contribution in [0.4, 0.5) is 4.39 Å². The third kappa shape index (κ3) is 4.19. The molecule has 2 aromatic heterocycles. The van der Waals surface area contributed by atoms with E-state index in [1.165, 1.54) is 12.1 Å². The van der Waals surface area contributed by atoms with Crippen LogP contribution in [0.3, 0.4) is 0 Å². The van der Waals surface area contributed by atoms with E-state index in [4.69, 9.17) is 8.83 Å². The Hall–Kier alpha value is -3.94. The number of fused-ring (bicyclic) bond motifs is 2. The first-order valence-corrected chi connectivity index (χ1v) is 10.9. The minimum absolute atomic E-state index is 0.143. The van der Waals surface area contributed by atoms with E-state index in [1.807, 2.05) is 6.07 Å². The lowest BCUT2D eigenvalue weighted by molar-refractivity contribution is -0.308. The van der Waals surface area contributed by atoms with Crippen LogP contribution in [0.25, 0.3) is 33.1 Å². The van der Waals surface area contributed by atoms with Crippen LogP contribution in [0.2, 0.25) is 0 Å². The summed E-state index contributed by atoms with van der Waals surface area (Å²) in [6.45, 7) is 5.28. The third-order valence-corrected chi connectivity index (χ3v) is 6.03. The minimum atomic E-state index is -1.37. The lowest BCUT2D eigenvalue weighted by atomic mass is 9.97. The Bertz CT molecular complexity index is 1470. The zero-order chi connectivity index (χ0) is 24.6. The first-order valence-electron chi connectivity index (χ1n) is 10.9. The summed E-state index contributed by atoms with van der Waals surface area (Å²) in [6.07, 6.45) is 2.01. The molecule has 0 radical (unpaired) electrons. The molecule has 34 heavy (non-hydrogen) atoms. The standard InChI is InChI=1S/C26H24FNO6/c1-4-5-21(25(30)31)28-22(29)11-18-13(2)17-10-19-20(15-6-8-16(27)9-7-15)12-33-23(19)14(3)24(17)34-26(18)32/h6-10,12,21H,4-5,11H2,1-3H3,(H,28,29)(H,30,31)/p-1/t21-/m0/s1. The maximum absolute atomic E-state index is 13.4. The van der Waals surface area contributed by atoms with Gasteiger partial charge >= 0.3 is 5.63 Å². The number of hydrogen-bond donors (Lipinski definition) is 1. The van der Waals surface area contributed by atoms with Gasteiger partial charge in [0, 0.05) is 21.9 Å². The van der Waals surface area contributed by atoms with Crippen LogP contribution in [0.15, 0.2) is 50.2 Å². The molecule has 4 aromatic rings. The van der Waals surface area contributed by atoms with Gasteiger partial charge in [0.25, 0.3) is 0 Å². The predicted molar refractivity (Wildman–Crippen MR) is 123 cm³/mol. The van der Waals surface area contributed by atoms with E-state index in [2.05, 4.69) is 5.32 Å². The second-order valence-corrected chi connectivity index (χ2v) is 8.31. The molecule has 176 valence electrons. The number of nitrogens with one attached hydrogen (secondary N) is 1. The van der Waals surface area contributed by atoms with Gasteiger partial charge in [0.1, 0.15) is 17.0 Å². The number of carboxylic acids is 1. The highest BCUT2D eigenvalue weighted by molar-refractivity contribution is 6.05. The maximum Gasteiger partial charge on any atom is 0.340 e. The number of furan rings is 1. The maximum atomic E-state index is 13.4. The highest BCUT2D eigenvalue weighted by Gasteiger charge is 2.21. The summed E-state index contributed by atoms with van der Waals surface area (Å²) in [6, 6.07) is 6.72. The van der Waals surface area contributed by atoms with Crippen molar-refractivity contribution in [2.24, 2.45) is 0 Å². The summed E-state index contributed by atoms with van der Waals surface area (Å²) in [5.74, 6) is -2.33. The Balaban J connectivity index is 1.79. The van der Waals surface area contributed by atoms with E-state index >= 15 is 0 Å². The van der Waals surface area contributed by atoms with Gasteiger partial charge in [-0.2, -0.15) is 0 Å². The number of aliphatic carboxylic acids is 1. The van der Waals surface area contributed by atoms with Crippen LogP contribution in [-0.2, 0) is 16.0 Å². The van der Waals surface area contributed by atoms with Gasteiger partial charge in [-0.25, -0.2) is 9.18 Å². The molecule has 0 fully saturated rings. The van der Waals surface area contributed by atoms with Crippen molar-refractivity contribution >= 4 is 33.8 Å². The van der Waals surface area contributed by atoms with Gasteiger partial charge in [0.05, 0.1) is 30.3 Å². The SMILES string of the molecule is CCC[C@H](NC(=O)Cc1c(C)c2cc3c(-c4ccc(F)cc4)coc3c(C)c2oc1=O)C(=O)[O-]. The number of amides is 1. The van der Waals surface area contributed by atoms with Crippen molar-refractivity contribution in [3.63, 3.8) is 0 Å². The van der Waals surface area contributed by atoms with E-state index < -0.39 is 23.5 Å². The van der Waals surface area contributed by atoms with Crippen LogP contribution in [0.1, 0.15) is 36.5 Å². The number of hydrogen-bond acceptors (Lipinski definition) is 6. The Labute approximate surface area is 194 Å². The molecule has 0 aliphatic heterocycles. The summed E-state index contributed by atoms with van der Waals surface area (Å²) >= 11 is 0. The molecule has 2 aromatic carbocycles. The van der Waals surface area contributed by atoms with Gasteiger partial charge in [0.2, 0.25) is 5.91 Å². The highest BCUT2D eigenvalue weighted by atomic mass is 19.1. The summed E-state index contributed by atoms with van der Waals surface area (Å²) in [5, 5.41) is 15.0. The Morgan fingerprint density at radius 2 is 1.79 bits per heavy atom. The molecule has 0 saturated carbocycles. The Morgan fingerprint density at radius 1 is 1.09 bits per heavy atom. The molecular weight excluding hydrogens is 441 g/mol. The number of benzene rings is 2. The van der Waals surface area contributed by atoms with E-state index in [0.717, 1.165) is 16.5 Å². The molecule has 0 bridgehead atoms. The number of aryl methyl sites for hydroxylation is 2. The van der Waals surface area contributed by atoms with Crippen molar-refractivity contribution < 1.29 is 27.9 Å². The topological polar surface area (TPSA) is 113 Å². The van der Waals surface area contributed by atoms with Crippen LogP contribution in [0, 0.1) is 19.7 Å². The smallest absolute Gasteiger partial charge is 0.340 e. The number of halogens is 1. The molecule has 1 N–H and O–H groups in total. The Kier molecular flexibility index (Phi) is 6.24. The number of carbonyl (C=O) groups excluding carboxylic acids is 2. The molecule has 0 aliphatic carbocycles. The molecule has 1 atom stereocenters. The molecule has 4 rings (SSSR count). The molecule has 7 nitrogen and oxygen atoms in total.